The van der Waals surface area contributed by atoms with E-state index in [1.165, 1.54) is 31.2 Å². The Bertz CT molecular complexity index is 510. The molecule has 4 rings (SSSR count). The van der Waals surface area contributed by atoms with Gasteiger partial charge in [-0.15, -0.1) is 0 Å². The van der Waals surface area contributed by atoms with Crippen LogP contribution < -0.4 is 10.6 Å². The van der Waals surface area contributed by atoms with Crippen LogP contribution in [0.5, 0.6) is 0 Å². The lowest BCUT2D eigenvalue weighted by molar-refractivity contribution is -0.124. The van der Waals surface area contributed by atoms with Gasteiger partial charge in [0.15, 0.2) is 0 Å². The summed E-state index contributed by atoms with van der Waals surface area (Å²) in [4.78, 5) is 11.8. The Labute approximate surface area is 113 Å². The van der Waals surface area contributed by atoms with Gasteiger partial charge >= 0.3 is 0 Å². The summed E-state index contributed by atoms with van der Waals surface area (Å²) in [5, 5.41) is 6.20. The van der Waals surface area contributed by atoms with Crippen molar-refractivity contribution in [3.63, 3.8) is 0 Å². The second-order valence-corrected chi connectivity index (χ2v) is 6.25. The van der Waals surface area contributed by atoms with Crippen LogP contribution in [0.3, 0.4) is 0 Å². The lowest BCUT2D eigenvalue weighted by Gasteiger charge is -2.24. The number of carbonyl (C=O) groups is 1. The maximum absolute atomic E-state index is 11.8. The van der Waals surface area contributed by atoms with Crippen LogP contribution in [0.25, 0.3) is 0 Å². The van der Waals surface area contributed by atoms with Crippen molar-refractivity contribution in [2.75, 3.05) is 13.1 Å². The number of benzene rings is 1. The van der Waals surface area contributed by atoms with E-state index in [-0.39, 0.29) is 11.9 Å². The van der Waals surface area contributed by atoms with E-state index in [2.05, 4.69) is 34.9 Å². The molecule has 0 bridgehead atoms. The standard InChI is InChI=1S/C16H20N2O/c19-15-14(17-8-9-18-15)11-3-5-12(6-4-11)16-7-1-2-13(16)10-16/h3-6,13-14,17H,1-2,7-10H2,(H,18,19). The van der Waals surface area contributed by atoms with Crippen molar-refractivity contribution in [2.24, 2.45) is 5.92 Å². The number of hydrogen-bond donors (Lipinski definition) is 2. The Kier molecular flexibility index (Phi) is 2.46. The molecule has 0 aromatic heterocycles. The lowest BCUT2D eigenvalue weighted by atomic mass is 9.91. The molecule has 3 fully saturated rings. The van der Waals surface area contributed by atoms with Crippen molar-refractivity contribution < 1.29 is 4.79 Å². The second-order valence-electron chi connectivity index (χ2n) is 6.25. The maximum atomic E-state index is 11.8. The van der Waals surface area contributed by atoms with Gasteiger partial charge in [0.05, 0.1) is 0 Å². The number of rotatable bonds is 2. The first-order valence-corrected chi connectivity index (χ1v) is 7.41. The number of fused-ring (bicyclic) bond motifs is 1. The van der Waals surface area contributed by atoms with Gasteiger partial charge in [0.2, 0.25) is 5.91 Å². The molecule has 1 heterocycles. The highest BCUT2D eigenvalue weighted by molar-refractivity contribution is 5.83. The molecule has 0 spiro atoms. The monoisotopic (exact) mass is 256 g/mol. The molecular weight excluding hydrogens is 236 g/mol. The zero-order chi connectivity index (χ0) is 12.9. The molecule has 1 amide bonds. The van der Waals surface area contributed by atoms with Crippen LogP contribution in [0.1, 0.15) is 42.9 Å². The average molecular weight is 256 g/mol. The highest BCUT2D eigenvalue weighted by Crippen LogP contribution is 2.64. The molecule has 19 heavy (non-hydrogen) atoms. The Morgan fingerprint density at radius 1 is 1.16 bits per heavy atom. The largest absolute Gasteiger partial charge is 0.353 e. The molecule has 3 nitrogen and oxygen atoms in total. The van der Waals surface area contributed by atoms with Crippen LogP contribution in [0.2, 0.25) is 0 Å². The van der Waals surface area contributed by atoms with Crippen LogP contribution in [-0.2, 0) is 10.2 Å². The molecule has 1 saturated heterocycles. The Morgan fingerprint density at radius 3 is 2.63 bits per heavy atom. The molecule has 1 aliphatic heterocycles. The molecule has 2 N–H and O–H groups in total. The molecule has 2 saturated carbocycles. The quantitative estimate of drug-likeness (QED) is 0.848. The molecule has 3 heteroatoms. The van der Waals surface area contributed by atoms with E-state index in [0.717, 1.165) is 24.6 Å². The molecule has 2 aliphatic carbocycles. The van der Waals surface area contributed by atoms with E-state index in [1.54, 1.807) is 0 Å². The summed E-state index contributed by atoms with van der Waals surface area (Å²) in [7, 11) is 0. The summed E-state index contributed by atoms with van der Waals surface area (Å²) < 4.78 is 0. The van der Waals surface area contributed by atoms with Crippen LogP contribution in [-0.4, -0.2) is 19.0 Å². The van der Waals surface area contributed by atoms with Crippen molar-refractivity contribution in [1.82, 2.24) is 10.6 Å². The smallest absolute Gasteiger partial charge is 0.241 e. The topological polar surface area (TPSA) is 41.1 Å². The summed E-state index contributed by atoms with van der Waals surface area (Å²) in [6.45, 7) is 1.59. The molecule has 1 aromatic rings. The van der Waals surface area contributed by atoms with Crippen molar-refractivity contribution in [3.8, 4) is 0 Å². The van der Waals surface area contributed by atoms with Gasteiger partial charge < -0.3 is 10.6 Å². The number of carbonyl (C=O) groups excluding carboxylic acids is 1. The van der Waals surface area contributed by atoms with Crippen LogP contribution in [0.4, 0.5) is 0 Å². The fourth-order valence-corrected chi connectivity index (χ4v) is 4.10. The zero-order valence-corrected chi connectivity index (χ0v) is 11.1. The average Bonchev–Trinajstić information content (AvgIpc) is 3.02. The Hall–Kier alpha value is -1.35. The van der Waals surface area contributed by atoms with E-state index in [4.69, 9.17) is 0 Å². The van der Waals surface area contributed by atoms with Gasteiger partial charge in [-0.2, -0.15) is 0 Å². The molecule has 3 aliphatic rings. The summed E-state index contributed by atoms with van der Waals surface area (Å²) in [5.41, 5.74) is 3.10. The van der Waals surface area contributed by atoms with Crippen LogP contribution in [0.15, 0.2) is 24.3 Å². The fourth-order valence-electron chi connectivity index (χ4n) is 4.10. The molecule has 100 valence electrons. The minimum atomic E-state index is -0.168. The summed E-state index contributed by atoms with van der Waals surface area (Å²) in [5.74, 6) is 1.04. The normalized spacial score (nSPS) is 36.7. The molecule has 0 radical (unpaired) electrons. The minimum absolute atomic E-state index is 0.0994. The summed E-state index contributed by atoms with van der Waals surface area (Å²) in [6.07, 6.45) is 5.54. The van der Waals surface area contributed by atoms with E-state index >= 15 is 0 Å². The van der Waals surface area contributed by atoms with Crippen molar-refractivity contribution in [2.45, 2.75) is 37.1 Å². The molecule has 1 aromatic carbocycles. The van der Waals surface area contributed by atoms with E-state index in [0.29, 0.717) is 5.41 Å². The summed E-state index contributed by atoms with van der Waals surface area (Å²) >= 11 is 0. The number of piperazine rings is 1. The lowest BCUT2D eigenvalue weighted by Crippen LogP contribution is -2.47. The predicted molar refractivity (Wildman–Crippen MR) is 73.8 cm³/mol. The number of amides is 1. The maximum Gasteiger partial charge on any atom is 0.241 e. The van der Waals surface area contributed by atoms with Crippen molar-refractivity contribution in [1.29, 1.82) is 0 Å². The number of hydrogen-bond acceptors (Lipinski definition) is 2. The van der Waals surface area contributed by atoms with Crippen molar-refractivity contribution in [3.05, 3.63) is 35.4 Å². The SMILES string of the molecule is O=C1NCCNC1c1ccc(C23CCCC2C3)cc1. The number of nitrogens with one attached hydrogen (secondary N) is 2. The van der Waals surface area contributed by atoms with Gasteiger partial charge in [0, 0.05) is 13.1 Å². The third kappa shape index (κ3) is 1.71. The van der Waals surface area contributed by atoms with Crippen LogP contribution in [0, 0.1) is 5.92 Å². The highest BCUT2D eigenvalue weighted by Gasteiger charge is 2.57. The molecular formula is C16H20N2O. The third-order valence-electron chi connectivity index (χ3n) is 5.26. The third-order valence-corrected chi connectivity index (χ3v) is 5.26. The predicted octanol–water partition coefficient (Wildman–Crippen LogP) is 1.89. The van der Waals surface area contributed by atoms with E-state index in [9.17, 15) is 4.79 Å². The fraction of sp³-hybridized carbons (Fsp3) is 0.562. The van der Waals surface area contributed by atoms with Gasteiger partial charge in [0.25, 0.3) is 0 Å². The second kappa shape index (κ2) is 4.07. The van der Waals surface area contributed by atoms with Gasteiger partial charge in [-0.3, -0.25) is 4.79 Å². The van der Waals surface area contributed by atoms with Gasteiger partial charge in [-0.1, -0.05) is 30.7 Å². The van der Waals surface area contributed by atoms with E-state index < -0.39 is 0 Å². The Balaban J connectivity index is 1.57. The first-order valence-electron chi connectivity index (χ1n) is 7.41. The van der Waals surface area contributed by atoms with Gasteiger partial charge in [-0.05, 0) is 41.7 Å². The Morgan fingerprint density at radius 2 is 2.00 bits per heavy atom. The van der Waals surface area contributed by atoms with Crippen molar-refractivity contribution >= 4 is 5.91 Å². The first-order chi connectivity index (χ1) is 9.29. The molecule has 3 unspecified atom stereocenters. The summed E-state index contributed by atoms with van der Waals surface area (Å²) in [6, 6.07) is 8.62. The highest BCUT2D eigenvalue weighted by atomic mass is 16.2. The van der Waals surface area contributed by atoms with Crippen LogP contribution >= 0.6 is 0 Å². The van der Waals surface area contributed by atoms with Gasteiger partial charge in [-0.25, -0.2) is 0 Å². The van der Waals surface area contributed by atoms with E-state index in [1.807, 2.05) is 0 Å². The van der Waals surface area contributed by atoms with Gasteiger partial charge in [0.1, 0.15) is 6.04 Å². The minimum Gasteiger partial charge on any atom is -0.353 e. The molecule has 3 atom stereocenters. The first kappa shape index (κ1) is 11.5. The zero-order valence-electron chi connectivity index (χ0n) is 11.1.